The van der Waals surface area contributed by atoms with E-state index >= 15 is 0 Å². The normalized spacial score (nSPS) is 15.9. The number of aromatic nitrogens is 1. The summed E-state index contributed by atoms with van der Waals surface area (Å²) in [5.41, 5.74) is 2.16. The Hall–Kier alpha value is -2.66. The number of nitrogens with zero attached hydrogens (tertiary/aromatic N) is 2. The summed E-state index contributed by atoms with van der Waals surface area (Å²) < 4.78 is 5.25. The van der Waals surface area contributed by atoms with Crippen LogP contribution in [0.15, 0.2) is 54.9 Å². The quantitative estimate of drug-likeness (QED) is 0.779. The molecule has 1 saturated heterocycles. The Labute approximate surface area is 154 Å². The second kappa shape index (κ2) is 9.15. The lowest BCUT2D eigenvalue weighted by Gasteiger charge is -2.28. The minimum atomic E-state index is -0.0838. The van der Waals surface area contributed by atoms with Crippen molar-refractivity contribution in [2.45, 2.75) is 18.9 Å². The molecule has 1 aromatic heterocycles. The van der Waals surface area contributed by atoms with Crippen LogP contribution in [0.1, 0.15) is 30.0 Å². The van der Waals surface area contributed by atoms with Gasteiger partial charge in [0.15, 0.2) is 0 Å². The minimum Gasteiger partial charge on any atom is -0.497 e. The first-order valence-electron chi connectivity index (χ1n) is 9.00. The van der Waals surface area contributed by atoms with Gasteiger partial charge in [-0.25, -0.2) is 0 Å². The molecule has 1 fully saturated rings. The maximum absolute atomic E-state index is 12.2. The van der Waals surface area contributed by atoms with Crippen LogP contribution in [0, 0.1) is 0 Å². The molecule has 1 unspecified atom stereocenters. The lowest BCUT2D eigenvalue weighted by atomic mass is 10.1. The van der Waals surface area contributed by atoms with Crippen molar-refractivity contribution >= 4 is 12.0 Å². The van der Waals surface area contributed by atoms with E-state index in [4.69, 9.17) is 4.74 Å². The molecule has 136 valence electrons. The topological polar surface area (TPSA) is 54.5 Å². The van der Waals surface area contributed by atoms with Gasteiger partial charge in [-0.3, -0.25) is 14.7 Å². The zero-order chi connectivity index (χ0) is 18.2. The van der Waals surface area contributed by atoms with E-state index in [0.29, 0.717) is 6.54 Å². The number of hydrogen-bond donors (Lipinski definition) is 1. The number of hydrogen-bond acceptors (Lipinski definition) is 4. The molecule has 0 bridgehead atoms. The Balaban J connectivity index is 1.63. The third kappa shape index (κ3) is 4.92. The average Bonchev–Trinajstić information content (AvgIpc) is 3.22. The summed E-state index contributed by atoms with van der Waals surface area (Å²) >= 11 is 0. The van der Waals surface area contributed by atoms with Crippen LogP contribution in [0.25, 0.3) is 6.08 Å². The second-order valence-electron chi connectivity index (χ2n) is 6.39. The molecule has 0 saturated carbocycles. The number of methoxy groups -OCH3 is 1. The van der Waals surface area contributed by atoms with Gasteiger partial charge >= 0.3 is 0 Å². The molecule has 1 N–H and O–H groups in total. The molecule has 5 nitrogen and oxygen atoms in total. The molecule has 26 heavy (non-hydrogen) atoms. The van der Waals surface area contributed by atoms with E-state index in [9.17, 15) is 4.79 Å². The number of benzene rings is 1. The van der Waals surface area contributed by atoms with Gasteiger partial charge in [-0.05, 0) is 67.4 Å². The highest BCUT2D eigenvalue weighted by Gasteiger charge is 2.23. The highest BCUT2D eigenvalue weighted by Crippen LogP contribution is 2.26. The summed E-state index contributed by atoms with van der Waals surface area (Å²) in [6.07, 6.45) is 9.22. The van der Waals surface area contributed by atoms with Crippen LogP contribution in [-0.2, 0) is 4.79 Å². The van der Waals surface area contributed by atoms with Gasteiger partial charge in [0, 0.05) is 25.0 Å². The molecular formula is C21H25N3O2. The number of rotatable bonds is 7. The molecule has 1 aromatic carbocycles. The molecule has 0 radical (unpaired) electrons. The van der Waals surface area contributed by atoms with Gasteiger partial charge in [0.05, 0.1) is 13.2 Å². The number of ether oxygens (including phenoxy) is 1. The van der Waals surface area contributed by atoms with Crippen molar-refractivity contribution in [2.75, 3.05) is 26.7 Å². The van der Waals surface area contributed by atoms with Crippen LogP contribution in [0.4, 0.5) is 0 Å². The van der Waals surface area contributed by atoms with Crippen molar-refractivity contribution in [3.05, 3.63) is 66.0 Å². The van der Waals surface area contributed by atoms with Crippen molar-refractivity contribution < 1.29 is 9.53 Å². The summed E-state index contributed by atoms with van der Waals surface area (Å²) in [5.74, 6) is 0.762. The van der Waals surface area contributed by atoms with E-state index in [0.717, 1.165) is 24.4 Å². The third-order valence-corrected chi connectivity index (χ3v) is 4.68. The Morgan fingerprint density at radius 2 is 1.88 bits per heavy atom. The summed E-state index contributed by atoms with van der Waals surface area (Å²) in [5, 5.41) is 3.04. The van der Waals surface area contributed by atoms with E-state index < -0.39 is 0 Å². The van der Waals surface area contributed by atoms with Gasteiger partial charge in [-0.2, -0.15) is 0 Å². The fourth-order valence-corrected chi connectivity index (χ4v) is 3.24. The van der Waals surface area contributed by atoms with Gasteiger partial charge in [0.1, 0.15) is 5.75 Å². The predicted molar refractivity (Wildman–Crippen MR) is 103 cm³/mol. The van der Waals surface area contributed by atoms with Crippen molar-refractivity contribution in [2.24, 2.45) is 0 Å². The Kier molecular flexibility index (Phi) is 6.39. The summed E-state index contributed by atoms with van der Waals surface area (Å²) in [4.78, 5) is 18.6. The van der Waals surface area contributed by atoms with Gasteiger partial charge in [-0.15, -0.1) is 0 Å². The first-order valence-corrected chi connectivity index (χ1v) is 9.00. The van der Waals surface area contributed by atoms with E-state index in [-0.39, 0.29) is 11.9 Å². The molecule has 2 heterocycles. The number of carbonyl (C=O) groups is 1. The number of pyridine rings is 1. The highest BCUT2D eigenvalue weighted by molar-refractivity contribution is 5.91. The van der Waals surface area contributed by atoms with Gasteiger partial charge in [0.25, 0.3) is 0 Å². The molecule has 5 heteroatoms. The molecule has 1 amide bonds. The largest absolute Gasteiger partial charge is 0.497 e. The Morgan fingerprint density at radius 1 is 1.19 bits per heavy atom. The summed E-state index contributed by atoms with van der Waals surface area (Å²) in [7, 11) is 1.67. The Bertz CT molecular complexity index is 723. The SMILES string of the molecule is COc1ccc(C(CNC(=O)C=Cc2ccncc2)N2CCCC2)cc1. The van der Waals surface area contributed by atoms with Crippen LogP contribution < -0.4 is 10.1 Å². The standard InChI is InChI=1S/C21H25N3O2/c1-26-19-7-5-18(6-8-19)20(24-14-2-3-15-24)16-23-21(25)9-4-17-10-12-22-13-11-17/h4-13,20H,2-3,14-16H2,1H3,(H,23,25). The fourth-order valence-electron chi connectivity index (χ4n) is 3.24. The van der Waals surface area contributed by atoms with Gasteiger partial charge in [-0.1, -0.05) is 12.1 Å². The lowest BCUT2D eigenvalue weighted by Crippen LogP contribution is -2.36. The molecule has 1 aliphatic heterocycles. The second-order valence-corrected chi connectivity index (χ2v) is 6.39. The fraction of sp³-hybridized carbons (Fsp3) is 0.333. The van der Waals surface area contributed by atoms with Crippen molar-refractivity contribution in [3.8, 4) is 5.75 Å². The number of likely N-dealkylation sites (tertiary alicyclic amines) is 1. The molecule has 2 aromatic rings. The molecule has 0 spiro atoms. The monoisotopic (exact) mass is 351 g/mol. The van der Waals surface area contributed by atoms with Crippen LogP contribution in [0.5, 0.6) is 5.75 Å². The molecule has 0 aliphatic carbocycles. The molecular weight excluding hydrogens is 326 g/mol. The van der Waals surface area contributed by atoms with Crippen LogP contribution in [0.2, 0.25) is 0 Å². The van der Waals surface area contributed by atoms with Crippen LogP contribution in [-0.4, -0.2) is 42.5 Å². The summed E-state index contributed by atoms with van der Waals surface area (Å²) in [6.45, 7) is 2.73. The van der Waals surface area contributed by atoms with E-state index in [1.807, 2.05) is 24.3 Å². The van der Waals surface area contributed by atoms with Crippen molar-refractivity contribution in [1.29, 1.82) is 0 Å². The van der Waals surface area contributed by atoms with Gasteiger partial charge < -0.3 is 10.1 Å². The lowest BCUT2D eigenvalue weighted by molar-refractivity contribution is -0.116. The van der Waals surface area contributed by atoms with Crippen LogP contribution in [0.3, 0.4) is 0 Å². The molecule has 1 aliphatic rings. The number of nitrogens with one attached hydrogen (secondary N) is 1. The van der Waals surface area contributed by atoms with Gasteiger partial charge in [0.2, 0.25) is 5.91 Å². The van der Waals surface area contributed by atoms with E-state index in [1.165, 1.54) is 18.4 Å². The maximum Gasteiger partial charge on any atom is 0.244 e. The zero-order valence-corrected chi connectivity index (χ0v) is 15.1. The average molecular weight is 351 g/mol. The number of carbonyl (C=O) groups excluding carboxylic acids is 1. The summed E-state index contributed by atoms with van der Waals surface area (Å²) in [6, 6.07) is 12.0. The van der Waals surface area contributed by atoms with Crippen molar-refractivity contribution in [1.82, 2.24) is 15.2 Å². The third-order valence-electron chi connectivity index (χ3n) is 4.68. The first-order chi connectivity index (χ1) is 12.8. The minimum absolute atomic E-state index is 0.0838. The van der Waals surface area contributed by atoms with Crippen LogP contribution >= 0.6 is 0 Å². The molecule has 1 atom stereocenters. The van der Waals surface area contributed by atoms with E-state index in [1.54, 1.807) is 31.7 Å². The molecule has 3 rings (SSSR count). The highest BCUT2D eigenvalue weighted by atomic mass is 16.5. The first kappa shape index (κ1) is 18.1. The smallest absolute Gasteiger partial charge is 0.244 e. The predicted octanol–water partition coefficient (Wildman–Crippen LogP) is 3.06. The van der Waals surface area contributed by atoms with E-state index in [2.05, 4.69) is 27.3 Å². The maximum atomic E-state index is 12.2. The zero-order valence-electron chi connectivity index (χ0n) is 15.1. The number of amides is 1. The van der Waals surface area contributed by atoms with Crippen molar-refractivity contribution in [3.63, 3.8) is 0 Å². The Morgan fingerprint density at radius 3 is 2.54 bits per heavy atom.